The van der Waals surface area contributed by atoms with Crippen molar-refractivity contribution in [3.05, 3.63) is 121 Å². The number of hydrogen-bond donors (Lipinski definition) is 6. The standard InChI is InChI=1S/C47H40F8N12O2/c1-23(2)66-20-33(36-38(56)58-22-59-41(36)66)25-8-12-29(13-9-25)61-44(69)63-31-16-17-32(35(19-31)46(50,51)52)40-64-39(57)37-34(21-67(24(3)4)42(37)65-40)26-10-14-28(15-11-26)60-43(68)62-30-7-5-6-27(18-30)45(48,49)47(53,54)55/h5-24H,1-4H3,(H2,56,58,59)(H2,57,64,65)(H2,60,62,68)(H2,61,63,69). The van der Waals surface area contributed by atoms with Crippen molar-refractivity contribution in [2.24, 2.45) is 0 Å². The van der Waals surface area contributed by atoms with Crippen molar-refractivity contribution in [2.45, 2.75) is 58.1 Å². The zero-order valence-corrected chi connectivity index (χ0v) is 36.7. The van der Waals surface area contributed by atoms with E-state index in [9.17, 15) is 44.7 Å². The van der Waals surface area contributed by atoms with Gasteiger partial charge in [0.2, 0.25) is 0 Å². The van der Waals surface area contributed by atoms with Crippen molar-refractivity contribution < 1.29 is 44.7 Å². The summed E-state index contributed by atoms with van der Waals surface area (Å²) in [5, 5.41) is 10.8. The molecule has 0 fully saturated rings. The number of fused-ring (bicyclic) bond motifs is 2. The van der Waals surface area contributed by atoms with Gasteiger partial charge < -0.3 is 41.9 Å². The summed E-state index contributed by atoms with van der Waals surface area (Å²) in [7, 11) is 0. The van der Waals surface area contributed by atoms with Gasteiger partial charge in [0, 0.05) is 69.5 Å². The van der Waals surface area contributed by atoms with Gasteiger partial charge >= 0.3 is 30.3 Å². The first kappa shape index (κ1) is 47.2. The fraction of sp³-hybridized carbons (Fsp3) is 0.191. The van der Waals surface area contributed by atoms with Gasteiger partial charge in [0.05, 0.1) is 16.3 Å². The van der Waals surface area contributed by atoms with Crippen molar-refractivity contribution in [2.75, 3.05) is 32.7 Å². The molecule has 69 heavy (non-hydrogen) atoms. The van der Waals surface area contributed by atoms with Gasteiger partial charge in [-0.2, -0.15) is 35.1 Å². The molecule has 0 unspecified atom stereocenters. The van der Waals surface area contributed by atoms with Gasteiger partial charge in [-0.25, -0.2) is 29.5 Å². The second kappa shape index (κ2) is 17.7. The molecule has 4 heterocycles. The van der Waals surface area contributed by atoms with Crippen LogP contribution in [0.4, 0.5) is 79.1 Å². The van der Waals surface area contributed by atoms with Crippen LogP contribution in [0.3, 0.4) is 0 Å². The Morgan fingerprint density at radius 2 is 1.06 bits per heavy atom. The van der Waals surface area contributed by atoms with Crippen LogP contribution in [-0.4, -0.2) is 47.3 Å². The Hall–Kier alpha value is -8.30. The molecule has 0 aliphatic carbocycles. The molecular weight excluding hydrogens is 917 g/mol. The van der Waals surface area contributed by atoms with Crippen molar-refractivity contribution in [3.8, 4) is 33.6 Å². The topological polar surface area (TPSA) is 196 Å². The Bertz CT molecular complexity index is 3250. The van der Waals surface area contributed by atoms with Gasteiger partial charge in [0.25, 0.3) is 0 Å². The zero-order chi connectivity index (χ0) is 49.7. The van der Waals surface area contributed by atoms with Gasteiger partial charge in [0.15, 0.2) is 5.82 Å². The first-order valence-electron chi connectivity index (χ1n) is 20.9. The highest BCUT2D eigenvalue weighted by molar-refractivity contribution is 6.04. The summed E-state index contributed by atoms with van der Waals surface area (Å²) >= 11 is 0. The molecule has 356 valence electrons. The van der Waals surface area contributed by atoms with Crippen LogP contribution in [0.25, 0.3) is 55.7 Å². The lowest BCUT2D eigenvalue weighted by Crippen LogP contribution is -2.33. The highest BCUT2D eigenvalue weighted by Crippen LogP contribution is 2.45. The van der Waals surface area contributed by atoms with Crippen molar-refractivity contribution in [1.29, 1.82) is 0 Å². The third kappa shape index (κ3) is 9.36. The fourth-order valence-corrected chi connectivity index (χ4v) is 7.69. The summed E-state index contributed by atoms with van der Waals surface area (Å²) in [6.45, 7) is 7.66. The number of alkyl halides is 8. The molecular formula is C47H40F8N12O2. The Morgan fingerprint density at radius 3 is 1.58 bits per heavy atom. The largest absolute Gasteiger partial charge is 0.458 e. The molecule has 0 spiro atoms. The summed E-state index contributed by atoms with van der Waals surface area (Å²) in [6.07, 6.45) is -5.76. The Kier molecular flexibility index (Phi) is 12.1. The van der Waals surface area contributed by atoms with Gasteiger partial charge in [-0.05, 0) is 93.4 Å². The summed E-state index contributed by atoms with van der Waals surface area (Å²) in [5.41, 5.74) is 13.3. The van der Waals surface area contributed by atoms with Crippen LogP contribution in [0, 0.1) is 0 Å². The number of benzene rings is 4. The molecule has 0 radical (unpaired) electrons. The van der Waals surface area contributed by atoms with Crippen LogP contribution < -0.4 is 32.7 Å². The average molecular weight is 957 g/mol. The molecule has 0 bridgehead atoms. The van der Waals surface area contributed by atoms with Gasteiger partial charge in [-0.15, -0.1) is 0 Å². The minimum absolute atomic E-state index is 0.0805. The molecule has 8 rings (SSSR count). The molecule has 4 aromatic heterocycles. The van der Waals surface area contributed by atoms with Gasteiger partial charge in [-0.3, -0.25) is 0 Å². The Balaban J connectivity index is 1.00. The number of carbonyl (C=O) groups is 2. The van der Waals surface area contributed by atoms with E-state index in [-0.39, 0.29) is 46.4 Å². The predicted molar refractivity (Wildman–Crippen MR) is 248 cm³/mol. The summed E-state index contributed by atoms with van der Waals surface area (Å²) in [6, 6.07) is 17.4. The van der Waals surface area contributed by atoms with Crippen molar-refractivity contribution in [1.82, 2.24) is 29.1 Å². The number of hydrogen-bond acceptors (Lipinski definition) is 8. The summed E-state index contributed by atoms with van der Waals surface area (Å²) in [5.74, 6) is -5.32. The minimum atomic E-state index is -5.84. The van der Waals surface area contributed by atoms with Crippen LogP contribution in [0.2, 0.25) is 0 Å². The fourth-order valence-electron chi connectivity index (χ4n) is 7.69. The van der Waals surface area contributed by atoms with Crippen LogP contribution in [0.5, 0.6) is 0 Å². The van der Waals surface area contributed by atoms with Crippen molar-refractivity contribution in [3.63, 3.8) is 0 Å². The van der Waals surface area contributed by atoms with E-state index in [0.717, 1.165) is 35.4 Å². The highest BCUT2D eigenvalue weighted by atomic mass is 19.4. The second-order valence-electron chi connectivity index (χ2n) is 16.4. The quantitative estimate of drug-likeness (QED) is 0.0728. The predicted octanol–water partition coefficient (Wildman–Crippen LogP) is 12.5. The van der Waals surface area contributed by atoms with Crippen LogP contribution in [-0.2, 0) is 12.1 Å². The smallest absolute Gasteiger partial charge is 0.383 e. The molecule has 4 aromatic carbocycles. The van der Waals surface area contributed by atoms with E-state index in [1.54, 1.807) is 47.2 Å². The molecule has 8 N–H and O–H groups in total. The molecule has 0 saturated heterocycles. The van der Waals surface area contributed by atoms with Gasteiger partial charge in [0.1, 0.15) is 29.3 Å². The number of amides is 4. The number of anilines is 6. The van der Waals surface area contributed by atoms with Gasteiger partial charge in [-0.1, -0.05) is 36.4 Å². The molecule has 22 heteroatoms. The molecule has 0 saturated carbocycles. The van der Waals surface area contributed by atoms with Crippen LogP contribution in [0.15, 0.2) is 110 Å². The SMILES string of the molecule is CC(C)n1cc(-c2ccc(NC(=O)Nc3ccc(-c4nc(N)c5c(-c6ccc(NC(=O)Nc7cccc(C(F)(F)C(F)(F)F)c7)cc6)cn(C(C)C)c5n4)c(C(F)(F)F)c3)cc2)c2c(N)ncnc21. The number of nitrogens with two attached hydrogens (primary N) is 2. The maximum Gasteiger partial charge on any atom is 0.458 e. The van der Waals surface area contributed by atoms with E-state index >= 15 is 0 Å². The van der Waals surface area contributed by atoms with E-state index < -0.39 is 47.0 Å². The number of rotatable bonds is 10. The molecule has 14 nitrogen and oxygen atoms in total. The lowest BCUT2D eigenvalue weighted by molar-refractivity contribution is -0.289. The number of halogens is 8. The number of nitrogen functional groups attached to an aromatic ring is 2. The van der Waals surface area contributed by atoms with Crippen molar-refractivity contribution >= 4 is 68.5 Å². The zero-order valence-electron chi connectivity index (χ0n) is 36.7. The Morgan fingerprint density at radius 1 is 0.565 bits per heavy atom. The lowest BCUT2D eigenvalue weighted by atomic mass is 10.0. The third-order valence-corrected chi connectivity index (χ3v) is 11.0. The Labute approximate surface area is 386 Å². The second-order valence-corrected chi connectivity index (χ2v) is 16.4. The first-order chi connectivity index (χ1) is 32.5. The minimum Gasteiger partial charge on any atom is -0.383 e. The van der Waals surface area contributed by atoms with E-state index in [0.29, 0.717) is 51.2 Å². The summed E-state index contributed by atoms with van der Waals surface area (Å²) in [4.78, 5) is 43.2. The molecule has 8 aromatic rings. The average Bonchev–Trinajstić information content (AvgIpc) is 3.88. The van der Waals surface area contributed by atoms with Crippen LogP contribution in [0.1, 0.15) is 50.9 Å². The number of nitrogens with zero attached hydrogens (tertiary/aromatic N) is 6. The number of aromatic nitrogens is 6. The third-order valence-electron chi connectivity index (χ3n) is 11.0. The van der Waals surface area contributed by atoms with E-state index in [1.165, 1.54) is 24.5 Å². The summed E-state index contributed by atoms with van der Waals surface area (Å²) < 4.78 is 114. The first-order valence-corrected chi connectivity index (χ1v) is 20.9. The molecule has 0 atom stereocenters. The van der Waals surface area contributed by atoms with E-state index in [2.05, 4.69) is 41.2 Å². The maximum atomic E-state index is 14.8. The number of nitrogens with one attached hydrogen (secondary N) is 4. The molecule has 0 aliphatic rings. The van der Waals surface area contributed by atoms with Crippen LogP contribution >= 0.6 is 0 Å². The maximum absolute atomic E-state index is 14.8. The highest BCUT2D eigenvalue weighted by Gasteiger charge is 2.58. The monoisotopic (exact) mass is 956 g/mol. The molecule has 0 aliphatic heterocycles. The van der Waals surface area contributed by atoms with E-state index in [4.69, 9.17) is 11.5 Å². The normalized spacial score (nSPS) is 12.3. The van der Waals surface area contributed by atoms with E-state index in [1.807, 2.05) is 38.5 Å². The number of urea groups is 2. The molecule has 4 amide bonds. The number of carbonyl (C=O) groups excluding carboxylic acids is 2. The lowest BCUT2D eigenvalue weighted by Gasteiger charge is -2.20.